The SMILES string of the molecule is CCS(=O)(=O)NCC(C)n1nc(-c2cccs2)ccc1=O. The Labute approximate surface area is 127 Å². The summed E-state index contributed by atoms with van der Waals surface area (Å²) in [5, 5.41) is 6.26. The first-order valence-electron chi connectivity index (χ1n) is 6.54. The summed E-state index contributed by atoms with van der Waals surface area (Å²) in [5.74, 6) is 0.0112. The molecule has 0 saturated carbocycles. The summed E-state index contributed by atoms with van der Waals surface area (Å²) in [6, 6.07) is 6.60. The van der Waals surface area contributed by atoms with Crippen molar-refractivity contribution in [1.82, 2.24) is 14.5 Å². The summed E-state index contributed by atoms with van der Waals surface area (Å²) in [6.45, 7) is 3.45. The van der Waals surface area contributed by atoms with E-state index in [1.54, 1.807) is 19.9 Å². The van der Waals surface area contributed by atoms with Gasteiger partial charge >= 0.3 is 0 Å². The molecule has 1 unspecified atom stereocenters. The first kappa shape index (κ1) is 15.9. The summed E-state index contributed by atoms with van der Waals surface area (Å²) in [6.07, 6.45) is 0. The van der Waals surface area contributed by atoms with Crippen LogP contribution in [0.4, 0.5) is 0 Å². The Kier molecular flexibility index (Phi) is 4.92. The van der Waals surface area contributed by atoms with Crippen LogP contribution in [0.2, 0.25) is 0 Å². The van der Waals surface area contributed by atoms with Crippen LogP contribution in [0.3, 0.4) is 0 Å². The van der Waals surface area contributed by atoms with Gasteiger partial charge in [-0.1, -0.05) is 6.07 Å². The standard InChI is InChI=1S/C13H17N3O3S2/c1-3-21(18,19)14-9-10(2)16-13(17)7-6-11(15-16)12-5-4-8-20-12/h4-8,10,14H,3,9H2,1-2H3. The van der Waals surface area contributed by atoms with Crippen LogP contribution in [0.5, 0.6) is 0 Å². The zero-order valence-corrected chi connectivity index (χ0v) is 13.4. The van der Waals surface area contributed by atoms with Crippen LogP contribution in [-0.4, -0.2) is 30.5 Å². The zero-order chi connectivity index (χ0) is 15.5. The van der Waals surface area contributed by atoms with Crippen LogP contribution in [0.15, 0.2) is 34.4 Å². The number of aromatic nitrogens is 2. The lowest BCUT2D eigenvalue weighted by atomic mass is 10.3. The summed E-state index contributed by atoms with van der Waals surface area (Å²) < 4.78 is 26.7. The molecule has 6 nitrogen and oxygen atoms in total. The first-order chi connectivity index (χ1) is 9.93. The normalized spacial score (nSPS) is 13.2. The van der Waals surface area contributed by atoms with E-state index in [1.807, 2.05) is 17.5 Å². The molecule has 0 amide bonds. The lowest BCUT2D eigenvalue weighted by Gasteiger charge is -2.15. The second kappa shape index (κ2) is 6.50. The van der Waals surface area contributed by atoms with E-state index in [-0.39, 0.29) is 23.9 Å². The highest BCUT2D eigenvalue weighted by Gasteiger charge is 2.13. The lowest BCUT2D eigenvalue weighted by Crippen LogP contribution is -2.35. The zero-order valence-electron chi connectivity index (χ0n) is 11.8. The van der Waals surface area contributed by atoms with E-state index in [0.29, 0.717) is 5.69 Å². The average molecular weight is 327 g/mol. The van der Waals surface area contributed by atoms with E-state index in [9.17, 15) is 13.2 Å². The van der Waals surface area contributed by atoms with Crippen molar-refractivity contribution in [3.05, 3.63) is 40.0 Å². The molecule has 0 spiro atoms. The van der Waals surface area contributed by atoms with Gasteiger partial charge in [0, 0.05) is 12.6 Å². The van der Waals surface area contributed by atoms with Crippen molar-refractivity contribution in [1.29, 1.82) is 0 Å². The Bertz CT molecular complexity index is 751. The van der Waals surface area contributed by atoms with Crippen LogP contribution in [-0.2, 0) is 10.0 Å². The topological polar surface area (TPSA) is 81.1 Å². The number of thiophene rings is 1. The van der Waals surface area contributed by atoms with Gasteiger partial charge in [0.25, 0.3) is 5.56 Å². The molecular formula is C13H17N3O3S2. The second-order valence-corrected chi connectivity index (χ2v) is 7.62. The number of hydrogen-bond acceptors (Lipinski definition) is 5. The quantitative estimate of drug-likeness (QED) is 0.871. The molecule has 0 fully saturated rings. The largest absolute Gasteiger partial charge is 0.268 e. The van der Waals surface area contributed by atoms with Crippen molar-refractivity contribution in [3.8, 4) is 10.6 Å². The van der Waals surface area contributed by atoms with Gasteiger partial charge in [-0.15, -0.1) is 11.3 Å². The maximum Gasteiger partial charge on any atom is 0.267 e. The van der Waals surface area contributed by atoms with E-state index < -0.39 is 10.0 Å². The second-order valence-electron chi connectivity index (χ2n) is 4.58. The van der Waals surface area contributed by atoms with Gasteiger partial charge in [0.2, 0.25) is 10.0 Å². The first-order valence-corrected chi connectivity index (χ1v) is 9.07. The molecule has 0 aliphatic rings. The van der Waals surface area contributed by atoms with Crippen LogP contribution in [0.25, 0.3) is 10.6 Å². The van der Waals surface area contributed by atoms with Crippen LogP contribution >= 0.6 is 11.3 Å². The fourth-order valence-electron chi connectivity index (χ4n) is 1.73. The van der Waals surface area contributed by atoms with Gasteiger partial charge in [0.1, 0.15) is 5.69 Å². The minimum Gasteiger partial charge on any atom is -0.268 e. The van der Waals surface area contributed by atoms with Crippen molar-refractivity contribution in [2.45, 2.75) is 19.9 Å². The Balaban J connectivity index is 2.23. The van der Waals surface area contributed by atoms with E-state index in [2.05, 4.69) is 9.82 Å². The van der Waals surface area contributed by atoms with Gasteiger partial charge in [-0.05, 0) is 31.4 Å². The molecule has 2 aromatic heterocycles. The molecule has 1 N–H and O–H groups in total. The van der Waals surface area contributed by atoms with E-state index in [0.717, 1.165) is 4.88 Å². The molecule has 21 heavy (non-hydrogen) atoms. The molecule has 0 aliphatic heterocycles. The van der Waals surface area contributed by atoms with Gasteiger partial charge < -0.3 is 0 Å². The molecule has 0 bridgehead atoms. The number of hydrogen-bond donors (Lipinski definition) is 1. The average Bonchev–Trinajstić information content (AvgIpc) is 2.99. The molecule has 2 aromatic rings. The lowest BCUT2D eigenvalue weighted by molar-refractivity contribution is 0.459. The van der Waals surface area contributed by atoms with E-state index in [1.165, 1.54) is 22.1 Å². The van der Waals surface area contributed by atoms with Crippen molar-refractivity contribution < 1.29 is 8.42 Å². The Hall–Kier alpha value is -1.51. The third-order valence-electron chi connectivity index (χ3n) is 2.99. The van der Waals surface area contributed by atoms with Gasteiger partial charge in [-0.2, -0.15) is 5.10 Å². The van der Waals surface area contributed by atoms with Gasteiger partial charge in [0.05, 0.1) is 16.7 Å². The molecule has 0 aliphatic carbocycles. The number of rotatable bonds is 6. The summed E-state index contributed by atoms with van der Waals surface area (Å²) in [7, 11) is -3.28. The number of nitrogens with zero attached hydrogens (tertiary/aromatic N) is 2. The summed E-state index contributed by atoms with van der Waals surface area (Å²) >= 11 is 1.53. The van der Waals surface area contributed by atoms with Crippen LogP contribution in [0, 0.1) is 0 Å². The van der Waals surface area contributed by atoms with E-state index >= 15 is 0 Å². The fourth-order valence-corrected chi connectivity index (χ4v) is 3.12. The molecule has 114 valence electrons. The summed E-state index contributed by atoms with van der Waals surface area (Å²) in [4.78, 5) is 12.9. The molecule has 0 saturated heterocycles. The molecule has 2 rings (SSSR count). The van der Waals surface area contributed by atoms with Crippen molar-refractivity contribution in [2.24, 2.45) is 0 Å². The molecular weight excluding hydrogens is 310 g/mol. The van der Waals surface area contributed by atoms with Gasteiger partial charge in [0.15, 0.2) is 0 Å². The molecule has 2 heterocycles. The highest BCUT2D eigenvalue weighted by Crippen LogP contribution is 2.21. The summed E-state index contributed by atoms with van der Waals surface area (Å²) in [5.41, 5.74) is 0.452. The predicted octanol–water partition coefficient (Wildman–Crippen LogP) is 1.47. The van der Waals surface area contributed by atoms with Gasteiger partial charge in [-0.3, -0.25) is 4.79 Å². The number of sulfonamides is 1. The molecule has 0 radical (unpaired) electrons. The minimum absolute atomic E-state index is 0.0112. The fraction of sp³-hybridized carbons (Fsp3) is 0.385. The maximum atomic E-state index is 11.9. The van der Waals surface area contributed by atoms with Crippen molar-refractivity contribution in [3.63, 3.8) is 0 Å². The third kappa shape index (κ3) is 3.99. The Morgan fingerprint density at radius 2 is 2.14 bits per heavy atom. The smallest absolute Gasteiger partial charge is 0.267 e. The van der Waals surface area contributed by atoms with Crippen LogP contribution < -0.4 is 10.3 Å². The minimum atomic E-state index is -3.28. The Morgan fingerprint density at radius 3 is 2.76 bits per heavy atom. The third-order valence-corrected chi connectivity index (χ3v) is 5.25. The maximum absolute atomic E-state index is 11.9. The highest BCUT2D eigenvalue weighted by molar-refractivity contribution is 7.89. The van der Waals surface area contributed by atoms with Gasteiger partial charge in [-0.25, -0.2) is 17.8 Å². The van der Waals surface area contributed by atoms with E-state index in [4.69, 9.17) is 0 Å². The Morgan fingerprint density at radius 1 is 1.38 bits per heavy atom. The molecule has 0 aromatic carbocycles. The molecule has 8 heteroatoms. The highest BCUT2D eigenvalue weighted by atomic mass is 32.2. The molecule has 1 atom stereocenters. The predicted molar refractivity (Wildman–Crippen MR) is 84.0 cm³/mol. The number of nitrogens with one attached hydrogen (secondary N) is 1. The van der Waals surface area contributed by atoms with Crippen LogP contribution in [0.1, 0.15) is 19.9 Å². The van der Waals surface area contributed by atoms with Crippen molar-refractivity contribution in [2.75, 3.05) is 12.3 Å². The van der Waals surface area contributed by atoms with Crippen molar-refractivity contribution >= 4 is 21.4 Å². The monoisotopic (exact) mass is 327 g/mol.